The molecule has 0 saturated carbocycles. The molecule has 0 fully saturated rings. The number of rotatable bonds is 3. The molecule has 0 aliphatic heterocycles. The smallest absolute Gasteiger partial charge is 0.251 e. The highest BCUT2D eigenvalue weighted by molar-refractivity contribution is 5.94. The van der Waals surface area contributed by atoms with Crippen molar-refractivity contribution in [1.29, 1.82) is 0 Å². The molecule has 0 unspecified atom stereocenters. The van der Waals surface area contributed by atoms with Crippen molar-refractivity contribution in [2.24, 2.45) is 0 Å². The van der Waals surface area contributed by atoms with Gasteiger partial charge in [-0.3, -0.25) is 9.89 Å². The highest BCUT2D eigenvalue weighted by atomic mass is 16.1. The first-order chi connectivity index (χ1) is 9.36. The summed E-state index contributed by atoms with van der Waals surface area (Å²) in [7, 11) is 0. The summed E-state index contributed by atoms with van der Waals surface area (Å²) >= 11 is 0. The van der Waals surface area contributed by atoms with Gasteiger partial charge in [-0.25, -0.2) is 4.98 Å². The predicted octanol–water partition coefficient (Wildman–Crippen LogP) is 1.61. The minimum Gasteiger partial charge on any atom is -0.384 e. The van der Waals surface area contributed by atoms with E-state index in [1.165, 1.54) is 0 Å². The van der Waals surface area contributed by atoms with Crippen LogP contribution in [-0.2, 0) is 12.0 Å². The minimum absolute atomic E-state index is 0.158. The standard InChI is InChI=1S/C14H19N5O/c1-14(2,3)11-4-10(5-12(15)19-11)13(20)16-6-9-7-17-18-8-9/h4-5,7-8H,6H2,1-3H3,(H2,15,19)(H,16,20)(H,17,18). The Kier molecular flexibility index (Phi) is 3.74. The van der Waals surface area contributed by atoms with E-state index in [1.54, 1.807) is 24.5 Å². The normalized spacial score (nSPS) is 11.3. The zero-order chi connectivity index (χ0) is 14.8. The van der Waals surface area contributed by atoms with Crippen LogP contribution < -0.4 is 11.1 Å². The fourth-order valence-electron chi connectivity index (χ4n) is 1.73. The van der Waals surface area contributed by atoms with Gasteiger partial charge in [-0.2, -0.15) is 5.10 Å². The van der Waals surface area contributed by atoms with E-state index >= 15 is 0 Å². The summed E-state index contributed by atoms with van der Waals surface area (Å²) in [4.78, 5) is 16.4. The third-order valence-corrected chi connectivity index (χ3v) is 2.88. The van der Waals surface area contributed by atoms with Crippen LogP contribution >= 0.6 is 0 Å². The van der Waals surface area contributed by atoms with Crippen molar-refractivity contribution in [3.63, 3.8) is 0 Å². The Morgan fingerprint density at radius 3 is 2.75 bits per heavy atom. The van der Waals surface area contributed by atoms with Crippen molar-refractivity contribution < 1.29 is 4.79 Å². The molecule has 0 aliphatic carbocycles. The molecule has 2 aromatic heterocycles. The fourth-order valence-corrected chi connectivity index (χ4v) is 1.73. The lowest BCUT2D eigenvalue weighted by Crippen LogP contribution is -2.24. The summed E-state index contributed by atoms with van der Waals surface area (Å²) < 4.78 is 0. The largest absolute Gasteiger partial charge is 0.384 e. The molecule has 106 valence electrons. The highest BCUT2D eigenvalue weighted by Crippen LogP contribution is 2.22. The zero-order valence-electron chi connectivity index (χ0n) is 11.9. The van der Waals surface area contributed by atoms with Gasteiger partial charge in [0.05, 0.1) is 6.20 Å². The van der Waals surface area contributed by atoms with Crippen molar-refractivity contribution >= 4 is 11.7 Å². The molecule has 20 heavy (non-hydrogen) atoms. The van der Waals surface area contributed by atoms with Gasteiger partial charge in [-0.15, -0.1) is 0 Å². The number of nitrogens with one attached hydrogen (secondary N) is 2. The number of amides is 1. The first-order valence-corrected chi connectivity index (χ1v) is 6.40. The Hall–Kier alpha value is -2.37. The van der Waals surface area contributed by atoms with Gasteiger partial charge >= 0.3 is 0 Å². The SMILES string of the molecule is CC(C)(C)c1cc(C(=O)NCc2cn[nH]c2)cc(N)n1. The average molecular weight is 273 g/mol. The van der Waals surface area contributed by atoms with Gasteiger partial charge in [0.15, 0.2) is 0 Å². The summed E-state index contributed by atoms with van der Waals surface area (Å²) in [6, 6.07) is 3.36. The van der Waals surface area contributed by atoms with Gasteiger partial charge in [0.1, 0.15) is 5.82 Å². The van der Waals surface area contributed by atoms with E-state index in [1.807, 2.05) is 20.8 Å². The van der Waals surface area contributed by atoms with Crippen molar-refractivity contribution in [2.45, 2.75) is 32.7 Å². The molecule has 6 heteroatoms. The maximum absolute atomic E-state index is 12.1. The molecule has 0 atom stereocenters. The molecule has 0 saturated heterocycles. The van der Waals surface area contributed by atoms with Crippen molar-refractivity contribution in [1.82, 2.24) is 20.5 Å². The van der Waals surface area contributed by atoms with Crippen LogP contribution in [0.25, 0.3) is 0 Å². The highest BCUT2D eigenvalue weighted by Gasteiger charge is 2.18. The van der Waals surface area contributed by atoms with Gasteiger partial charge in [0, 0.05) is 35.0 Å². The van der Waals surface area contributed by atoms with Crippen molar-refractivity contribution in [3.05, 3.63) is 41.3 Å². The van der Waals surface area contributed by atoms with Gasteiger partial charge in [-0.05, 0) is 12.1 Å². The number of nitrogens with two attached hydrogens (primary N) is 1. The second-order valence-electron chi connectivity index (χ2n) is 5.71. The van der Waals surface area contributed by atoms with Gasteiger partial charge in [-0.1, -0.05) is 20.8 Å². The second-order valence-corrected chi connectivity index (χ2v) is 5.71. The quantitative estimate of drug-likeness (QED) is 0.791. The number of nitrogens with zero attached hydrogens (tertiary/aromatic N) is 2. The first-order valence-electron chi connectivity index (χ1n) is 6.40. The lowest BCUT2D eigenvalue weighted by Gasteiger charge is -2.19. The Bertz CT molecular complexity index is 599. The van der Waals surface area contributed by atoms with Crippen molar-refractivity contribution in [2.75, 3.05) is 5.73 Å². The topological polar surface area (TPSA) is 96.7 Å². The van der Waals surface area contributed by atoms with Crippen LogP contribution in [0.4, 0.5) is 5.82 Å². The van der Waals surface area contributed by atoms with E-state index in [4.69, 9.17) is 5.73 Å². The Morgan fingerprint density at radius 1 is 1.40 bits per heavy atom. The van der Waals surface area contributed by atoms with E-state index in [0.717, 1.165) is 11.3 Å². The van der Waals surface area contributed by atoms with E-state index < -0.39 is 0 Å². The molecule has 0 radical (unpaired) electrons. The molecule has 1 amide bonds. The number of anilines is 1. The zero-order valence-corrected chi connectivity index (χ0v) is 11.9. The second kappa shape index (κ2) is 5.32. The average Bonchev–Trinajstić information content (AvgIpc) is 2.87. The lowest BCUT2D eigenvalue weighted by atomic mass is 9.90. The summed E-state index contributed by atoms with van der Waals surface area (Å²) in [5, 5.41) is 9.35. The molecule has 0 aromatic carbocycles. The van der Waals surface area contributed by atoms with Crippen LogP contribution in [0, 0.1) is 0 Å². The monoisotopic (exact) mass is 273 g/mol. The number of carbonyl (C=O) groups excluding carboxylic acids is 1. The molecule has 2 aromatic rings. The Balaban J connectivity index is 2.15. The van der Waals surface area contributed by atoms with Crippen LogP contribution in [0.1, 0.15) is 42.4 Å². The number of H-pyrrole nitrogens is 1. The van der Waals surface area contributed by atoms with Gasteiger partial charge in [0.2, 0.25) is 0 Å². The molecular formula is C14H19N5O. The molecule has 2 rings (SSSR count). The Labute approximate surface area is 117 Å². The summed E-state index contributed by atoms with van der Waals surface area (Å²) in [5.41, 5.74) is 7.85. The Morgan fingerprint density at radius 2 is 2.15 bits per heavy atom. The number of hydrogen-bond donors (Lipinski definition) is 3. The van der Waals surface area contributed by atoms with Crippen LogP contribution in [0.5, 0.6) is 0 Å². The van der Waals surface area contributed by atoms with Crippen LogP contribution in [0.2, 0.25) is 0 Å². The summed E-state index contributed by atoms with van der Waals surface area (Å²) in [6.07, 6.45) is 3.41. The summed E-state index contributed by atoms with van der Waals surface area (Å²) in [5.74, 6) is 0.177. The fraction of sp³-hybridized carbons (Fsp3) is 0.357. The number of nitrogen functional groups attached to an aromatic ring is 1. The van der Waals surface area contributed by atoms with E-state index in [0.29, 0.717) is 17.9 Å². The van der Waals surface area contributed by atoms with E-state index in [2.05, 4.69) is 20.5 Å². The molecule has 6 nitrogen and oxygen atoms in total. The molecule has 2 heterocycles. The lowest BCUT2D eigenvalue weighted by molar-refractivity contribution is 0.0950. The van der Waals surface area contributed by atoms with E-state index in [-0.39, 0.29) is 11.3 Å². The molecule has 4 N–H and O–H groups in total. The number of pyridine rings is 1. The maximum Gasteiger partial charge on any atom is 0.251 e. The van der Waals surface area contributed by atoms with Crippen LogP contribution in [0.3, 0.4) is 0 Å². The predicted molar refractivity (Wildman–Crippen MR) is 77.1 cm³/mol. The minimum atomic E-state index is -0.175. The van der Waals surface area contributed by atoms with Gasteiger partial charge < -0.3 is 11.1 Å². The van der Waals surface area contributed by atoms with E-state index in [9.17, 15) is 4.79 Å². The number of aromatic nitrogens is 3. The third kappa shape index (κ3) is 3.34. The van der Waals surface area contributed by atoms with Crippen LogP contribution in [-0.4, -0.2) is 21.1 Å². The molecular weight excluding hydrogens is 254 g/mol. The summed E-state index contributed by atoms with van der Waals surface area (Å²) in [6.45, 7) is 6.51. The number of carbonyl (C=O) groups is 1. The first kappa shape index (κ1) is 14.0. The molecule has 0 spiro atoms. The van der Waals surface area contributed by atoms with Gasteiger partial charge in [0.25, 0.3) is 5.91 Å². The number of hydrogen-bond acceptors (Lipinski definition) is 4. The third-order valence-electron chi connectivity index (χ3n) is 2.88. The number of aromatic amines is 1. The van der Waals surface area contributed by atoms with Crippen LogP contribution in [0.15, 0.2) is 24.5 Å². The maximum atomic E-state index is 12.1. The van der Waals surface area contributed by atoms with Crippen molar-refractivity contribution in [3.8, 4) is 0 Å². The molecule has 0 aliphatic rings. The molecule has 0 bridgehead atoms.